The third-order valence-corrected chi connectivity index (χ3v) is 2.52. The molecular formula is C13H9Cl2OTi-. The van der Waals surface area contributed by atoms with Gasteiger partial charge in [0.25, 0.3) is 0 Å². The molecule has 0 N–H and O–H groups in total. The minimum absolute atomic E-state index is 0. The zero-order chi connectivity index (χ0) is 10.7. The second-order valence-corrected chi connectivity index (χ2v) is 3.32. The largest absolute Gasteiger partial charge is 0.126 e. The van der Waals surface area contributed by atoms with Crippen molar-refractivity contribution in [1.82, 2.24) is 0 Å². The Morgan fingerprint density at radius 2 is 1.06 bits per heavy atom. The first-order valence-corrected chi connectivity index (χ1v) is 5.32. The van der Waals surface area contributed by atoms with Gasteiger partial charge in [-0.15, -0.1) is 39.7 Å². The minimum Gasteiger partial charge on any atom is -0.126 e. The van der Waals surface area contributed by atoms with Crippen molar-refractivity contribution >= 4 is 21.5 Å². The summed E-state index contributed by atoms with van der Waals surface area (Å²) in [5.74, 6) is 0. The van der Waals surface area contributed by atoms with E-state index in [1.54, 1.807) is 0 Å². The van der Waals surface area contributed by atoms with Gasteiger partial charge in [-0.3, -0.25) is 0 Å². The van der Waals surface area contributed by atoms with Crippen LogP contribution in [0.1, 0.15) is 0 Å². The van der Waals surface area contributed by atoms with Crippen LogP contribution in [0.3, 0.4) is 0 Å². The molecule has 0 saturated heterocycles. The van der Waals surface area contributed by atoms with Crippen molar-refractivity contribution in [1.29, 1.82) is 0 Å². The van der Waals surface area contributed by atoms with Gasteiger partial charge in [0.2, 0.25) is 0 Å². The van der Waals surface area contributed by atoms with E-state index in [1.807, 2.05) is 0 Å². The summed E-state index contributed by atoms with van der Waals surface area (Å²) >= 11 is 0.750. The van der Waals surface area contributed by atoms with Crippen LogP contribution in [0.5, 0.6) is 0 Å². The van der Waals surface area contributed by atoms with Crippen LogP contribution in [0.4, 0.5) is 0 Å². The third-order valence-electron chi connectivity index (χ3n) is 2.52. The van der Waals surface area contributed by atoms with Gasteiger partial charge in [0.15, 0.2) is 0 Å². The molecule has 0 unspecified atom stereocenters. The van der Waals surface area contributed by atoms with E-state index in [2.05, 4.69) is 54.6 Å². The van der Waals surface area contributed by atoms with E-state index in [9.17, 15) is 0 Å². The summed E-state index contributed by atoms with van der Waals surface area (Å²) < 4.78 is 8.25. The SMILES string of the molecule is [Cl-].[Cl-].[O]=[Ti+2].c1ccc2c(c1)[cH-]c1ccccc12. The van der Waals surface area contributed by atoms with Crippen LogP contribution in [0.15, 0.2) is 54.6 Å². The summed E-state index contributed by atoms with van der Waals surface area (Å²) in [4.78, 5) is 0. The van der Waals surface area contributed by atoms with E-state index in [1.165, 1.54) is 21.5 Å². The Kier molecular flexibility index (Phi) is 7.41. The van der Waals surface area contributed by atoms with E-state index in [0.717, 1.165) is 20.4 Å². The Balaban J connectivity index is 0.000000611. The number of benzene rings is 2. The fourth-order valence-corrected chi connectivity index (χ4v) is 1.90. The van der Waals surface area contributed by atoms with Crippen molar-refractivity contribution in [3.8, 4) is 0 Å². The zero-order valence-electron chi connectivity index (χ0n) is 8.86. The molecule has 0 radical (unpaired) electrons. The van der Waals surface area contributed by atoms with Crippen molar-refractivity contribution in [2.45, 2.75) is 0 Å². The Morgan fingerprint density at radius 1 is 0.706 bits per heavy atom. The predicted octanol–water partition coefficient (Wildman–Crippen LogP) is -2.40. The molecule has 3 rings (SSSR count). The Labute approximate surface area is 124 Å². The Morgan fingerprint density at radius 3 is 1.47 bits per heavy atom. The molecule has 3 aromatic carbocycles. The summed E-state index contributed by atoms with van der Waals surface area (Å²) in [5.41, 5.74) is 0. The number of fused-ring (bicyclic) bond motifs is 3. The van der Waals surface area contributed by atoms with Gasteiger partial charge in [0.1, 0.15) is 0 Å². The molecule has 0 aliphatic heterocycles. The first kappa shape index (κ1) is 16.4. The van der Waals surface area contributed by atoms with Crippen molar-refractivity contribution in [2.75, 3.05) is 0 Å². The fourth-order valence-electron chi connectivity index (χ4n) is 1.90. The van der Waals surface area contributed by atoms with Gasteiger partial charge in [0.05, 0.1) is 0 Å². The number of rotatable bonds is 0. The van der Waals surface area contributed by atoms with Gasteiger partial charge >= 0.3 is 23.7 Å². The van der Waals surface area contributed by atoms with Gasteiger partial charge in [0, 0.05) is 0 Å². The molecule has 4 heteroatoms. The molecule has 17 heavy (non-hydrogen) atoms. The van der Waals surface area contributed by atoms with Crippen LogP contribution < -0.4 is 24.8 Å². The molecule has 0 bridgehead atoms. The van der Waals surface area contributed by atoms with Crippen LogP contribution >= 0.6 is 0 Å². The van der Waals surface area contributed by atoms with Crippen molar-refractivity contribution in [3.05, 3.63) is 54.6 Å². The van der Waals surface area contributed by atoms with E-state index < -0.39 is 0 Å². The first-order chi connectivity index (χ1) is 7.45. The smallest absolute Gasteiger partial charge is 0.0771 e. The summed E-state index contributed by atoms with van der Waals surface area (Å²) in [6.07, 6.45) is 0. The van der Waals surface area contributed by atoms with Crippen LogP contribution in [0.2, 0.25) is 0 Å². The van der Waals surface area contributed by atoms with Crippen LogP contribution in [-0.4, -0.2) is 0 Å². The van der Waals surface area contributed by atoms with Crippen molar-refractivity contribution < 1.29 is 48.5 Å². The van der Waals surface area contributed by atoms with Crippen LogP contribution in [0.25, 0.3) is 21.5 Å². The van der Waals surface area contributed by atoms with Crippen LogP contribution in [-0.2, 0) is 23.7 Å². The Hall–Kier alpha value is -0.596. The quantitative estimate of drug-likeness (QED) is 0.334. The van der Waals surface area contributed by atoms with E-state index in [-0.39, 0.29) is 24.8 Å². The zero-order valence-corrected chi connectivity index (χ0v) is 11.9. The molecule has 0 aromatic heterocycles. The monoisotopic (exact) mass is 299 g/mol. The van der Waals surface area contributed by atoms with Crippen molar-refractivity contribution in [2.24, 2.45) is 0 Å². The molecule has 0 saturated carbocycles. The molecule has 0 heterocycles. The molecule has 0 aliphatic rings. The minimum atomic E-state index is 0. The average molecular weight is 300 g/mol. The summed E-state index contributed by atoms with van der Waals surface area (Å²) in [6, 6.07) is 19.3. The second kappa shape index (κ2) is 7.68. The third kappa shape index (κ3) is 3.20. The summed E-state index contributed by atoms with van der Waals surface area (Å²) in [7, 11) is 0. The maximum atomic E-state index is 8.25. The number of hydrogen-bond acceptors (Lipinski definition) is 1. The Bertz CT molecular complexity index is 542. The molecule has 0 fully saturated rings. The average Bonchev–Trinajstić information content (AvgIpc) is 2.70. The molecular weight excluding hydrogens is 291 g/mol. The molecule has 0 aliphatic carbocycles. The fraction of sp³-hybridized carbons (Fsp3) is 0. The van der Waals surface area contributed by atoms with Crippen LogP contribution in [0, 0.1) is 0 Å². The van der Waals surface area contributed by atoms with E-state index in [4.69, 9.17) is 3.32 Å². The molecule has 0 atom stereocenters. The van der Waals surface area contributed by atoms with Gasteiger partial charge in [-0.2, -0.15) is 0 Å². The summed E-state index contributed by atoms with van der Waals surface area (Å²) in [5, 5.41) is 5.39. The summed E-state index contributed by atoms with van der Waals surface area (Å²) in [6.45, 7) is 0. The van der Waals surface area contributed by atoms with E-state index in [0.29, 0.717) is 0 Å². The molecule has 86 valence electrons. The standard InChI is InChI=1S/C13H9.2ClH.O.Ti/c1-3-7-12-10(5-1)9-11-6-2-4-8-13(11)12;;;;/h1-9H;2*1H;;/q-1;;;;+2/p-2. The molecule has 0 amide bonds. The van der Waals surface area contributed by atoms with E-state index >= 15 is 0 Å². The maximum Gasteiger partial charge on any atom is -0.0771 e. The predicted molar refractivity (Wildman–Crippen MR) is 57.7 cm³/mol. The first-order valence-electron chi connectivity index (χ1n) is 4.69. The van der Waals surface area contributed by atoms with Gasteiger partial charge in [-0.25, -0.2) is 0 Å². The number of halogens is 2. The topological polar surface area (TPSA) is 17.1 Å². The molecule has 3 aromatic rings. The number of hydrogen-bond donors (Lipinski definition) is 0. The van der Waals surface area contributed by atoms with Gasteiger partial charge in [-0.05, 0) is 0 Å². The maximum absolute atomic E-state index is 8.25. The molecule has 0 spiro atoms. The normalized spacial score (nSPS) is 8.82. The van der Waals surface area contributed by atoms with Gasteiger partial charge < -0.3 is 24.8 Å². The van der Waals surface area contributed by atoms with Crippen molar-refractivity contribution in [3.63, 3.8) is 0 Å². The second-order valence-electron chi connectivity index (χ2n) is 3.32. The molecule has 1 nitrogen and oxygen atoms in total. The van der Waals surface area contributed by atoms with Gasteiger partial charge in [-0.1, -0.05) is 36.4 Å².